The molecule has 0 bridgehead atoms. The van der Waals surface area contributed by atoms with Gasteiger partial charge < -0.3 is 10.4 Å². The molecule has 2 heterocycles. The summed E-state index contributed by atoms with van der Waals surface area (Å²) in [5.74, 6) is 0.0941. The molecular formula is C10H11ClN2O2. The number of aliphatic hydroxyl groups excluding tert-OH is 1. The van der Waals surface area contributed by atoms with Crippen LogP contribution < -0.4 is 5.32 Å². The molecule has 1 atom stereocenters. The molecule has 0 spiro atoms. The predicted molar refractivity (Wildman–Crippen MR) is 56.6 cm³/mol. The van der Waals surface area contributed by atoms with E-state index in [4.69, 9.17) is 11.6 Å². The van der Waals surface area contributed by atoms with E-state index in [2.05, 4.69) is 10.3 Å². The number of amides is 1. The highest BCUT2D eigenvalue weighted by Gasteiger charge is 2.42. The second kappa shape index (κ2) is 3.18. The van der Waals surface area contributed by atoms with E-state index >= 15 is 0 Å². The van der Waals surface area contributed by atoms with Crippen molar-refractivity contribution >= 4 is 23.3 Å². The van der Waals surface area contributed by atoms with Gasteiger partial charge in [-0.05, 0) is 26.0 Å². The van der Waals surface area contributed by atoms with E-state index in [0.717, 1.165) is 0 Å². The highest BCUT2D eigenvalue weighted by Crippen LogP contribution is 2.41. The summed E-state index contributed by atoms with van der Waals surface area (Å²) in [5, 5.41) is 12.9. The number of anilines is 1. The second-order valence-electron chi connectivity index (χ2n) is 4.15. The summed E-state index contributed by atoms with van der Waals surface area (Å²) < 4.78 is 0. The molecule has 5 heteroatoms. The summed E-state index contributed by atoms with van der Waals surface area (Å²) in [6.45, 7) is 3.37. The number of pyridine rings is 1. The minimum atomic E-state index is -0.856. The number of fused-ring (bicyclic) bond motifs is 1. The Balaban J connectivity index is 2.55. The zero-order valence-electron chi connectivity index (χ0n) is 8.41. The summed E-state index contributed by atoms with van der Waals surface area (Å²) >= 11 is 5.70. The number of hydrogen-bond acceptors (Lipinski definition) is 3. The Hall–Kier alpha value is -1.13. The van der Waals surface area contributed by atoms with E-state index in [0.29, 0.717) is 16.5 Å². The van der Waals surface area contributed by atoms with E-state index in [9.17, 15) is 9.90 Å². The number of halogens is 1. The van der Waals surface area contributed by atoms with Crippen LogP contribution in [0.5, 0.6) is 0 Å². The van der Waals surface area contributed by atoms with Gasteiger partial charge in [0.25, 0.3) is 0 Å². The number of aromatic nitrogens is 1. The highest BCUT2D eigenvalue weighted by atomic mass is 35.5. The van der Waals surface area contributed by atoms with Gasteiger partial charge in [0, 0.05) is 5.56 Å². The molecule has 0 saturated heterocycles. The summed E-state index contributed by atoms with van der Waals surface area (Å²) in [6.07, 6.45) is -0.856. The molecule has 4 nitrogen and oxygen atoms in total. The fourth-order valence-corrected chi connectivity index (χ4v) is 1.70. The molecule has 1 aromatic heterocycles. The van der Waals surface area contributed by atoms with E-state index in [1.165, 1.54) is 0 Å². The molecule has 1 amide bonds. The number of carbonyl (C=O) groups is 1. The molecule has 15 heavy (non-hydrogen) atoms. The van der Waals surface area contributed by atoms with Crippen molar-refractivity contribution in [3.63, 3.8) is 0 Å². The van der Waals surface area contributed by atoms with Crippen molar-refractivity contribution < 1.29 is 9.90 Å². The Morgan fingerprint density at radius 2 is 2.20 bits per heavy atom. The van der Waals surface area contributed by atoms with Crippen molar-refractivity contribution in [2.45, 2.75) is 20.0 Å². The fraction of sp³-hybridized carbons (Fsp3) is 0.400. The van der Waals surface area contributed by atoms with Gasteiger partial charge in [0.05, 0.1) is 11.5 Å². The SMILES string of the molecule is CC1(C)C(=O)Nc2nc(Cl)ccc2C1O. The van der Waals surface area contributed by atoms with Crippen molar-refractivity contribution in [3.05, 3.63) is 22.8 Å². The van der Waals surface area contributed by atoms with Crippen LogP contribution in [-0.2, 0) is 4.79 Å². The zero-order chi connectivity index (χ0) is 11.2. The Bertz CT molecular complexity index is 431. The van der Waals surface area contributed by atoms with Gasteiger partial charge in [0.2, 0.25) is 5.91 Å². The Morgan fingerprint density at radius 1 is 1.53 bits per heavy atom. The second-order valence-corrected chi connectivity index (χ2v) is 4.54. The third-order valence-corrected chi connectivity index (χ3v) is 2.90. The quantitative estimate of drug-likeness (QED) is 0.663. The molecule has 80 valence electrons. The van der Waals surface area contributed by atoms with Crippen molar-refractivity contribution in [1.29, 1.82) is 0 Å². The minimum Gasteiger partial charge on any atom is -0.387 e. The molecule has 0 saturated carbocycles. The van der Waals surface area contributed by atoms with Gasteiger partial charge in [0.1, 0.15) is 11.0 Å². The lowest BCUT2D eigenvalue weighted by Gasteiger charge is -2.34. The van der Waals surface area contributed by atoms with Crippen molar-refractivity contribution in [2.75, 3.05) is 5.32 Å². The van der Waals surface area contributed by atoms with Gasteiger partial charge in [-0.1, -0.05) is 11.6 Å². The standard InChI is InChI=1S/C10H11ClN2O2/c1-10(2)7(14)5-3-4-6(11)12-8(5)13-9(10)15/h3-4,7,14H,1-2H3,(H,12,13,15). The Labute approximate surface area is 92.3 Å². The maximum absolute atomic E-state index is 11.6. The normalized spacial score (nSPS) is 23.2. The monoisotopic (exact) mass is 226 g/mol. The topological polar surface area (TPSA) is 62.2 Å². The van der Waals surface area contributed by atoms with Crippen LogP contribution in [0.25, 0.3) is 0 Å². The Morgan fingerprint density at radius 3 is 2.87 bits per heavy atom. The van der Waals surface area contributed by atoms with Crippen LogP contribution in [0.2, 0.25) is 5.15 Å². The largest absolute Gasteiger partial charge is 0.387 e. The fourth-order valence-electron chi connectivity index (χ4n) is 1.55. The van der Waals surface area contributed by atoms with Crippen molar-refractivity contribution in [1.82, 2.24) is 4.98 Å². The molecule has 0 aromatic carbocycles. The van der Waals surface area contributed by atoms with Gasteiger partial charge >= 0.3 is 0 Å². The van der Waals surface area contributed by atoms with Gasteiger partial charge in [-0.3, -0.25) is 4.79 Å². The molecule has 1 aliphatic heterocycles. The van der Waals surface area contributed by atoms with Crippen molar-refractivity contribution in [2.24, 2.45) is 5.41 Å². The average Bonchev–Trinajstić information content (AvgIpc) is 2.15. The van der Waals surface area contributed by atoms with Gasteiger partial charge in [-0.25, -0.2) is 4.98 Å². The first-order chi connectivity index (χ1) is 6.93. The third-order valence-electron chi connectivity index (χ3n) is 2.69. The van der Waals surface area contributed by atoms with Crippen molar-refractivity contribution in [3.8, 4) is 0 Å². The molecule has 0 radical (unpaired) electrons. The van der Waals surface area contributed by atoms with Gasteiger partial charge in [-0.2, -0.15) is 0 Å². The van der Waals surface area contributed by atoms with Crippen LogP contribution in [-0.4, -0.2) is 16.0 Å². The average molecular weight is 227 g/mol. The van der Waals surface area contributed by atoms with Crippen LogP contribution in [0.4, 0.5) is 5.82 Å². The summed E-state index contributed by atoms with van der Waals surface area (Å²) in [5.41, 5.74) is -0.244. The number of carbonyl (C=O) groups excluding carboxylic acids is 1. The number of nitrogens with zero attached hydrogens (tertiary/aromatic N) is 1. The molecule has 2 N–H and O–H groups in total. The lowest BCUT2D eigenvalue weighted by atomic mass is 9.79. The summed E-state index contributed by atoms with van der Waals surface area (Å²) in [4.78, 5) is 15.6. The molecule has 0 fully saturated rings. The highest BCUT2D eigenvalue weighted by molar-refractivity contribution is 6.29. The zero-order valence-corrected chi connectivity index (χ0v) is 9.17. The third kappa shape index (κ3) is 1.50. The molecule has 0 aliphatic carbocycles. The van der Waals surface area contributed by atoms with E-state index < -0.39 is 11.5 Å². The maximum atomic E-state index is 11.6. The van der Waals surface area contributed by atoms with E-state index in [-0.39, 0.29) is 5.91 Å². The number of aliphatic hydroxyl groups is 1. The van der Waals surface area contributed by atoms with Gasteiger partial charge in [0.15, 0.2) is 0 Å². The van der Waals surface area contributed by atoms with Crippen LogP contribution >= 0.6 is 11.6 Å². The number of hydrogen-bond donors (Lipinski definition) is 2. The lowest BCUT2D eigenvalue weighted by molar-refractivity contribution is -0.131. The first-order valence-corrected chi connectivity index (χ1v) is 4.96. The van der Waals surface area contributed by atoms with E-state index in [1.807, 2.05) is 0 Å². The number of rotatable bonds is 0. The molecule has 1 aliphatic rings. The first-order valence-electron chi connectivity index (χ1n) is 4.59. The molecule has 1 unspecified atom stereocenters. The lowest BCUT2D eigenvalue weighted by Crippen LogP contribution is -2.41. The molecule has 1 aromatic rings. The minimum absolute atomic E-state index is 0.253. The first kappa shape index (κ1) is 10.4. The molecular weight excluding hydrogens is 216 g/mol. The maximum Gasteiger partial charge on any atom is 0.234 e. The van der Waals surface area contributed by atoms with Gasteiger partial charge in [-0.15, -0.1) is 0 Å². The summed E-state index contributed by atoms with van der Waals surface area (Å²) in [6, 6.07) is 3.27. The molecule has 2 rings (SSSR count). The number of nitrogens with one attached hydrogen (secondary N) is 1. The van der Waals surface area contributed by atoms with Crippen LogP contribution in [0.1, 0.15) is 25.5 Å². The van der Waals surface area contributed by atoms with E-state index in [1.54, 1.807) is 26.0 Å². The van der Waals surface area contributed by atoms with Crippen LogP contribution in [0, 0.1) is 5.41 Å². The Kier molecular flexibility index (Phi) is 2.20. The van der Waals surface area contributed by atoms with Crippen LogP contribution in [0.15, 0.2) is 12.1 Å². The van der Waals surface area contributed by atoms with Crippen LogP contribution in [0.3, 0.4) is 0 Å². The predicted octanol–water partition coefficient (Wildman–Crippen LogP) is 1.75. The smallest absolute Gasteiger partial charge is 0.234 e. The summed E-state index contributed by atoms with van der Waals surface area (Å²) in [7, 11) is 0.